The van der Waals surface area contributed by atoms with Crippen LogP contribution in [0.3, 0.4) is 0 Å². The number of rotatable bonds is 3. The maximum Gasteiger partial charge on any atom is 0.260 e. The van der Waals surface area contributed by atoms with Gasteiger partial charge in [0.05, 0.1) is 0 Å². The summed E-state index contributed by atoms with van der Waals surface area (Å²) in [5.41, 5.74) is 6.54. The van der Waals surface area contributed by atoms with Gasteiger partial charge in [0.2, 0.25) is 0 Å². The van der Waals surface area contributed by atoms with Crippen LogP contribution in [0.1, 0.15) is 32.3 Å². The SMILES string of the molecule is CC1(C)CCN(S(=O)(=O)c2ccc(CN)cn2)CC1. The third-order valence-corrected chi connectivity index (χ3v) is 5.53. The molecule has 106 valence electrons. The van der Waals surface area contributed by atoms with Crippen molar-refractivity contribution in [3.05, 3.63) is 23.9 Å². The van der Waals surface area contributed by atoms with Crippen LogP contribution in [0.5, 0.6) is 0 Å². The minimum atomic E-state index is -3.46. The summed E-state index contributed by atoms with van der Waals surface area (Å²) >= 11 is 0. The van der Waals surface area contributed by atoms with Crippen molar-refractivity contribution in [2.45, 2.75) is 38.3 Å². The van der Waals surface area contributed by atoms with Gasteiger partial charge in [0.15, 0.2) is 5.03 Å². The molecule has 0 radical (unpaired) electrons. The molecular formula is C13H21N3O2S. The Morgan fingerprint density at radius 1 is 1.32 bits per heavy atom. The van der Waals surface area contributed by atoms with E-state index in [4.69, 9.17) is 5.73 Å². The molecule has 2 heterocycles. The first kappa shape index (κ1) is 14.4. The van der Waals surface area contributed by atoms with Crippen LogP contribution in [0.2, 0.25) is 0 Å². The van der Waals surface area contributed by atoms with Crippen LogP contribution < -0.4 is 5.73 Å². The van der Waals surface area contributed by atoms with E-state index in [0.717, 1.165) is 18.4 Å². The number of hydrogen-bond acceptors (Lipinski definition) is 4. The van der Waals surface area contributed by atoms with E-state index >= 15 is 0 Å². The Hall–Kier alpha value is -0.980. The summed E-state index contributed by atoms with van der Waals surface area (Å²) in [5.74, 6) is 0. The number of sulfonamides is 1. The summed E-state index contributed by atoms with van der Waals surface area (Å²) in [7, 11) is -3.46. The first-order valence-corrected chi connectivity index (χ1v) is 7.94. The molecule has 1 aromatic rings. The van der Waals surface area contributed by atoms with Gasteiger partial charge in [-0.1, -0.05) is 19.9 Å². The molecule has 5 nitrogen and oxygen atoms in total. The smallest absolute Gasteiger partial charge is 0.260 e. The fraction of sp³-hybridized carbons (Fsp3) is 0.615. The zero-order chi connectivity index (χ0) is 14.1. The van der Waals surface area contributed by atoms with Gasteiger partial charge in [0.1, 0.15) is 0 Å². The highest BCUT2D eigenvalue weighted by Gasteiger charge is 2.33. The highest BCUT2D eigenvalue weighted by atomic mass is 32.2. The van der Waals surface area contributed by atoms with Gasteiger partial charge < -0.3 is 5.73 Å². The summed E-state index contributed by atoms with van der Waals surface area (Å²) in [4.78, 5) is 4.02. The Bertz CT molecular complexity index is 528. The van der Waals surface area contributed by atoms with Crippen LogP contribution in [0, 0.1) is 5.41 Å². The van der Waals surface area contributed by atoms with Crippen molar-refractivity contribution >= 4 is 10.0 Å². The lowest BCUT2D eigenvalue weighted by molar-refractivity contribution is 0.195. The molecule has 1 aliphatic heterocycles. The maximum atomic E-state index is 12.4. The van der Waals surface area contributed by atoms with Crippen LogP contribution >= 0.6 is 0 Å². The van der Waals surface area contributed by atoms with Gasteiger partial charge in [-0.15, -0.1) is 0 Å². The first-order chi connectivity index (χ1) is 8.85. The van der Waals surface area contributed by atoms with E-state index < -0.39 is 10.0 Å². The fourth-order valence-corrected chi connectivity index (χ4v) is 3.50. The predicted molar refractivity (Wildman–Crippen MR) is 73.9 cm³/mol. The predicted octanol–water partition coefficient (Wildman–Crippen LogP) is 1.35. The Morgan fingerprint density at radius 3 is 2.42 bits per heavy atom. The molecule has 0 unspecified atom stereocenters. The average molecular weight is 283 g/mol. The van der Waals surface area contributed by atoms with Gasteiger partial charge in [-0.3, -0.25) is 0 Å². The highest BCUT2D eigenvalue weighted by molar-refractivity contribution is 7.89. The lowest BCUT2D eigenvalue weighted by atomic mass is 9.83. The van der Waals surface area contributed by atoms with Gasteiger partial charge in [0.25, 0.3) is 10.0 Å². The summed E-state index contributed by atoms with van der Waals surface area (Å²) in [5, 5.41) is 0.115. The Kier molecular flexibility index (Phi) is 3.94. The van der Waals surface area contributed by atoms with Gasteiger partial charge in [0, 0.05) is 25.8 Å². The molecule has 2 N–H and O–H groups in total. The zero-order valence-electron chi connectivity index (χ0n) is 11.5. The van der Waals surface area contributed by atoms with Crippen molar-refractivity contribution in [3.8, 4) is 0 Å². The second kappa shape index (κ2) is 5.19. The molecule has 6 heteroatoms. The van der Waals surface area contributed by atoms with Crippen LogP contribution in [0.25, 0.3) is 0 Å². The lowest BCUT2D eigenvalue weighted by Crippen LogP contribution is -2.41. The molecular weight excluding hydrogens is 262 g/mol. The van der Waals surface area contributed by atoms with Crippen LogP contribution in [0.15, 0.2) is 23.4 Å². The van der Waals surface area contributed by atoms with Crippen molar-refractivity contribution in [2.75, 3.05) is 13.1 Å². The lowest BCUT2D eigenvalue weighted by Gasteiger charge is -2.35. The van der Waals surface area contributed by atoms with E-state index in [-0.39, 0.29) is 10.4 Å². The van der Waals surface area contributed by atoms with E-state index in [9.17, 15) is 8.42 Å². The van der Waals surface area contributed by atoms with Crippen LogP contribution in [-0.2, 0) is 16.6 Å². The number of hydrogen-bond donors (Lipinski definition) is 1. The molecule has 0 aliphatic carbocycles. The third kappa shape index (κ3) is 3.13. The van der Waals surface area contributed by atoms with E-state index in [1.807, 2.05) is 0 Å². The number of pyridine rings is 1. The van der Waals surface area contributed by atoms with Gasteiger partial charge in [-0.25, -0.2) is 13.4 Å². The molecule has 1 aliphatic rings. The number of aromatic nitrogens is 1. The zero-order valence-corrected chi connectivity index (χ0v) is 12.3. The molecule has 0 saturated carbocycles. The van der Waals surface area contributed by atoms with E-state index in [2.05, 4.69) is 18.8 Å². The van der Waals surface area contributed by atoms with Crippen molar-refractivity contribution in [1.29, 1.82) is 0 Å². The number of nitrogens with two attached hydrogens (primary N) is 1. The Labute approximate surface area is 114 Å². The molecule has 19 heavy (non-hydrogen) atoms. The molecule has 0 amide bonds. The standard InChI is InChI=1S/C13H21N3O2S/c1-13(2)5-7-16(8-6-13)19(17,18)12-4-3-11(9-14)10-15-12/h3-4,10H,5-9,14H2,1-2H3. The topological polar surface area (TPSA) is 76.3 Å². The van der Waals surface area contributed by atoms with E-state index in [1.54, 1.807) is 6.07 Å². The highest BCUT2D eigenvalue weighted by Crippen LogP contribution is 2.31. The van der Waals surface area contributed by atoms with Gasteiger partial charge >= 0.3 is 0 Å². The summed E-state index contributed by atoms with van der Waals surface area (Å²) in [6.45, 7) is 5.84. The van der Waals surface area contributed by atoms with Crippen molar-refractivity contribution < 1.29 is 8.42 Å². The van der Waals surface area contributed by atoms with E-state index in [1.165, 1.54) is 16.6 Å². The Balaban J connectivity index is 2.18. The van der Waals surface area contributed by atoms with Gasteiger partial charge in [-0.05, 0) is 29.9 Å². The molecule has 1 saturated heterocycles. The maximum absolute atomic E-state index is 12.4. The molecule has 1 fully saturated rings. The Morgan fingerprint density at radius 2 is 1.95 bits per heavy atom. The quantitative estimate of drug-likeness (QED) is 0.908. The molecule has 2 rings (SSSR count). The van der Waals surface area contributed by atoms with Crippen molar-refractivity contribution in [2.24, 2.45) is 11.1 Å². The summed E-state index contributed by atoms with van der Waals surface area (Å²) in [6, 6.07) is 3.26. The second-order valence-electron chi connectivity index (χ2n) is 5.78. The number of piperidine rings is 1. The van der Waals surface area contributed by atoms with Crippen LogP contribution in [-0.4, -0.2) is 30.8 Å². The summed E-state index contributed by atoms with van der Waals surface area (Å²) < 4.78 is 26.4. The largest absolute Gasteiger partial charge is 0.326 e. The minimum Gasteiger partial charge on any atom is -0.326 e. The molecule has 0 spiro atoms. The van der Waals surface area contributed by atoms with E-state index in [0.29, 0.717) is 19.6 Å². The molecule has 0 bridgehead atoms. The normalized spacial score (nSPS) is 20.4. The third-order valence-electron chi connectivity index (χ3n) is 3.71. The average Bonchev–Trinajstić information content (AvgIpc) is 2.38. The summed E-state index contributed by atoms with van der Waals surface area (Å²) in [6.07, 6.45) is 3.29. The van der Waals surface area contributed by atoms with Gasteiger partial charge in [-0.2, -0.15) is 4.31 Å². The second-order valence-corrected chi connectivity index (χ2v) is 7.66. The van der Waals surface area contributed by atoms with Crippen molar-refractivity contribution in [3.63, 3.8) is 0 Å². The molecule has 0 atom stereocenters. The van der Waals surface area contributed by atoms with Crippen LogP contribution in [0.4, 0.5) is 0 Å². The monoisotopic (exact) mass is 283 g/mol. The number of nitrogens with zero attached hydrogens (tertiary/aromatic N) is 2. The first-order valence-electron chi connectivity index (χ1n) is 6.50. The fourth-order valence-electron chi connectivity index (χ4n) is 2.15. The molecule has 0 aromatic carbocycles. The minimum absolute atomic E-state index is 0.115. The molecule has 1 aromatic heterocycles. The van der Waals surface area contributed by atoms with Crippen molar-refractivity contribution in [1.82, 2.24) is 9.29 Å².